The van der Waals surface area contributed by atoms with Crippen molar-refractivity contribution in [2.45, 2.75) is 19.4 Å². The minimum Gasteiger partial charge on any atom is -0.394 e. The SMILES string of the molecule is C=CCN(CC=C)C(C)(C)CO. The zero-order valence-electron chi connectivity index (χ0n) is 8.08. The van der Waals surface area contributed by atoms with Crippen molar-refractivity contribution in [1.29, 1.82) is 0 Å². The first kappa shape index (κ1) is 11.4. The summed E-state index contributed by atoms with van der Waals surface area (Å²) in [5, 5.41) is 9.11. The molecule has 0 fully saturated rings. The Hall–Kier alpha value is -0.600. The topological polar surface area (TPSA) is 23.5 Å². The molecule has 0 aliphatic heterocycles. The molecule has 0 aliphatic carbocycles. The highest BCUT2D eigenvalue weighted by molar-refractivity contribution is 4.89. The molecular formula is C10H19NO. The molecule has 2 heteroatoms. The molecule has 0 aromatic rings. The Morgan fingerprint density at radius 2 is 1.67 bits per heavy atom. The lowest BCUT2D eigenvalue weighted by Crippen LogP contribution is -2.46. The molecule has 12 heavy (non-hydrogen) atoms. The predicted molar refractivity (Wildman–Crippen MR) is 53.1 cm³/mol. The number of rotatable bonds is 6. The zero-order chi connectivity index (χ0) is 9.61. The molecule has 0 spiro atoms. The Morgan fingerprint density at radius 3 is 1.92 bits per heavy atom. The van der Waals surface area contributed by atoms with E-state index in [4.69, 9.17) is 5.11 Å². The molecule has 0 unspecified atom stereocenters. The smallest absolute Gasteiger partial charge is 0.0610 e. The maximum atomic E-state index is 9.11. The molecule has 0 aromatic carbocycles. The van der Waals surface area contributed by atoms with Crippen LogP contribution in [0, 0.1) is 0 Å². The van der Waals surface area contributed by atoms with Crippen LogP contribution in [0.1, 0.15) is 13.8 Å². The van der Waals surface area contributed by atoms with E-state index in [2.05, 4.69) is 18.1 Å². The third-order valence-corrected chi connectivity index (χ3v) is 1.94. The summed E-state index contributed by atoms with van der Waals surface area (Å²) in [6, 6.07) is 0. The third kappa shape index (κ3) is 3.20. The van der Waals surface area contributed by atoms with Gasteiger partial charge in [0.25, 0.3) is 0 Å². The van der Waals surface area contributed by atoms with Crippen molar-refractivity contribution in [3.8, 4) is 0 Å². The van der Waals surface area contributed by atoms with Gasteiger partial charge in [-0.25, -0.2) is 0 Å². The summed E-state index contributed by atoms with van der Waals surface area (Å²) in [7, 11) is 0. The number of nitrogens with zero attached hydrogens (tertiary/aromatic N) is 1. The van der Waals surface area contributed by atoms with Crippen LogP contribution in [0.4, 0.5) is 0 Å². The molecule has 0 atom stereocenters. The lowest BCUT2D eigenvalue weighted by Gasteiger charge is -2.35. The van der Waals surface area contributed by atoms with Gasteiger partial charge in [-0.2, -0.15) is 0 Å². The number of aliphatic hydroxyl groups excluding tert-OH is 1. The maximum Gasteiger partial charge on any atom is 0.0610 e. The van der Waals surface area contributed by atoms with Gasteiger partial charge in [-0.1, -0.05) is 12.2 Å². The molecule has 0 heterocycles. The molecule has 2 nitrogen and oxygen atoms in total. The van der Waals surface area contributed by atoms with Crippen molar-refractivity contribution in [2.24, 2.45) is 0 Å². The lowest BCUT2D eigenvalue weighted by atomic mass is 10.0. The van der Waals surface area contributed by atoms with Gasteiger partial charge in [0.1, 0.15) is 0 Å². The molecule has 0 aromatic heterocycles. The van der Waals surface area contributed by atoms with Gasteiger partial charge in [-0.3, -0.25) is 4.90 Å². The van der Waals surface area contributed by atoms with E-state index >= 15 is 0 Å². The van der Waals surface area contributed by atoms with E-state index in [1.807, 2.05) is 26.0 Å². The summed E-state index contributed by atoms with van der Waals surface area (Å²) < 4.78 is 0. The number of hydrogen-bond acceptors (Lipinski definition) is 2. The second kappa shape index (κ2) is 5.12. The fourth-order valence-electron chi connectivity index (χ4n) is 0.980. The molecule has 0 saturated carbocycles. The van der Waals surface area contributed by atoms with Gasteiger partial charge in [0.15, 0.2) is 0 Å². The quantitative estimate of drug-likeness (QED) is 0.608. The van der Waals surface area contributed by atoms with E-state index < -0.39 is 0 Å². The van der Waals surface area contributed by atoms with E-state index in [0.717, 1.165) is 13.1 Å². The molecule has 0 aliphatic rings. The van der Waals surface area contributed by atoms with E-state index in [0.29, 0.717) is 0 Å². The van der Waals surface area contributed by atoms with Crippen molar-refractivity contribution < 1.29 is 5.11 Å². The Labute approximate surface area is 75.2 Å². The van der Waals surface area contributed by atoms with E-state index in [-0.39, 0.29) is 12.1 Å². The Kier molecular flexibility index (Phi) is 4.86. The van der Waals surface area contributed by atoms with E-state index in [1.165, 1.54) is 0 Å². The fraction of sp³-hybridized carbons (Fsp3) is 0.600. The van der Waals surface area contributed by atoms with Crippen molar-refractivity contribution in [3.05, 3.63) is 25.3 Å². The highest BCUT2D eigenvalue weighted by Gasteiger charge is 2.23. The van der Waals surface area contributed by atoms with E-state index in [1.54, 1.807) is 0 Å². The third-order valence-electron chi connectivity index (χ3n) is 1.94. The summed E-state index contributed by atoms with van der Waals surface area (Å²) in [5.74, 6) is 0. The van der Waals surface area contributed by atoms with Crippen LogP contribution in [0.3, 0.4) is 0 Å². The minimum absolute atomic E-state index is 0.147. The highest BCUT2D eigenvalue weighted by atomic mass is 16.3. The maximum absolute atomic E-state index is 9.11. The molecule has 0 rings (SSSR count). The van der Waals surface area contributed by atoms with Crippen LogP contribution in [-0.4, -0.2) is 35.2 Å². The Balaban J connectivity index is 4.25. The lowest BCUT2D eigenvalue weighted by molar-refractivity contribution is 0.0765. The second-order valence-corrected chi connectivity index (χ2v) is 3.45. The van der Waals surface area contributed by atoms with Gasteiger partial charge in [-0.05, 0) is 13.8 Å². The summed E-state index contributed by atoms with van der Waals surface area (Å²) in [6.45, 7) is 13.0. The fourth-order valence-corrected chi connectivity index (χ4v) is 0.980. The van der Waals surface area contributed by atoms with Crippen LogP contribution in [0.5, 0.6) is 0 Å². The van der Waals surface area contributed by atoms with Gasteiger partial charge in [0, 0.05) is 18.6 Å². The average Bonchev–Trinajstić information content (AvgIpc) is 2.04. The normalized spacial score (nSPS) is 11.7. The van der Waals surface area contributed by atoms with Crippen molar-refractivity contribution in [1.82, 2.24) is 4.90 Å². The average molecular weight is 169 g/mol. The molecule has 0 amide bonds. The highest BCUT2D eigenvalue weighted by Crippen LogP contribution is 2.12. The van der Waals surface area contributed by atoms with Gasteiger partial charge in [0.05, 0.1) is 6.61 Å². The molecular weight excluding hydrogens is 150 g/mol. The Bertz CT molecular complexity index is 142. The molecule has 0 radical (unpaired) electrons. The first-order valence-electron chi connectivity index (χ1n) is 4.16. The number of aliphatic hydroxyl groups is 1. The monoisotopic (exact) mass is 169 g/mol. The van der Waals surface area contributed by atoms with Gasteiger partial charge < -0.3 is 5.11 Å². The Morgan fingerprint density at radius 1 is 1.25 bits per heavy atom. The standard InChI is InChI=1S/C10H19NO/c1-5-7-11(8-6-2)10(3,4)9-12/h5-6,12H,1-2,7-9H2,3-4H3. The number of hydrogen-bond donors (Lipinski definition) is 1. The summed E-state index contributed by atoms with van der Waals surface area (Å²) in [4.78, 5) is 2.12. The van der Waals surface area contributed by atoms with Crippen molar-refractivity contribution in [2.75, 3.05) is 19.7 Å². The molecule has 0 saturated heterocycles. The summed E-state index contributed by atoms with van der Waals surface area (Å²) >= 11 is 0. The largest absolute Gasteiger partial charge is 0.394 e. The van der Waals surface area contributed by atoms with Gasteiger partial charge in [-0.15, -0.1) is 13.2 Å². The van der Waals surface area contributed by atoms with Crippen LogP contribution in [0.2, 0.25) is 0 Å². The predicted octanol–water partition coefficient (Wildman–Crippen LogP) is 1.43. The van der Waals surface area contributed by atoms with Crippen LogP contribution in [0.25, 0.3) is 0 Å². The summed E-state index contributed by atoms with van der Waals surface area (Å²) in [5.41, 5.74) is -0.192. The van der Waals surface area contributed by atoms with Crippen LogP contribution in [0.15, 0.2) is 25.3 Å². The molecule has 0 bridgehead atoms. The van der Waals surface area contributed by atoms with Crippen molar-refractivity contribution >= 4 is 0 Å². The zero-order valence-corrected chi connectivity index (χ0v) is 8.08. The first-order valence-corrected chi connectivity index (χ1v) is 4.16. The van der Waals surface area contributed by atoms with Gasteiger partial charge in [0.2, 0.25) is 0 Å². The van der Waals surface area contributed by atoms with Crippen LogP contribution >= 0.6 is 0 Å². The van der Waals surface area contributed by atoms with Crippen LogP contribution in [-0.2, 0) is 0 Å². The van der Waals surface area contributed by atoms with Gasteiger partial charge >= 0.3 is 0 Å². The molecule has 70 valence electrons. The van der Waals surface area contributed by atoms with E-state index in [9.17, 15) is 0 Å². The van der Waals surface area contributed by atoms with Crippen molar-refractivity contribution in [3.63, 3.8) is 0 Å². The first-order chi connectivity index (χ1) is 5.58. The second-order valence-electron chi connectivity index (χ2n) is 3.45. The molecule has 1 N–H and O–H groups in total. The summed E-state index contributed by atoms with van der Waals surface area (Å²) in [6.07, 6.45) is 3.67. The van der Waals surface area contributed by atoms with Crippen LogP contribution < -0.4 is 0 Å². The minimum atomic E-state index is -0.192.